The van der Waals surface area contributed by atoms with Gasteiger partial charge in [0.1, 0.15) is 0 Å². The number of hydrogen-bond acceptors (Lipinski definition) is 6. The van der Waals surface area contributed by atoms with Crippen LogP contribution in [0.2, 0.25) is 0 Å². The molecule has 0 heterocycles. The Hall–Kier alpha value is 0.672. The Morgan fingerprint density at radius 3 is 1.68 bits per heavy atom. The molecule has 0 aromatic rings. The predicted octanol–water partition coefficient (Wildman–Crippen LogP) is 0.507. The van der Waals surface area contributed by atoms with E-state index in [0.717, 1.165) is 51.4 Å². The summed E-state index contributed by atoms with van der Waals surface area (Å²) in [6, 6.07) is 0. The molecule has 3 atom stereocenters. The summed E-state index contributed by atoms with van der Waals surface area (Å²) in [7, 11) is -4.76. The molecule has 0 aliphatic rings. The summed E-state index contributed by atoms with van der Waals surface area (Å²) in [5.74, 6) is -1.61. The van der Waals surface area contributed by atoms with Crippen LogP contribution in [0.5, 0.6) is 0 Å². The average molecular weight is 513 g/mol. The quantitative estimate of drug-likeness (QED) is 0.182. The molecule has 0 fully saturated rings. The van der Waals surface area contributed by atoms with Crippen molar-refractivity contribution in [1.82, 2.24) is 0 Å². The molecule has 0 amide bonds. The molecule has 0 spiro atoms. The third-order valence-electron chi connectivity index (χ3n) is 5.00. The Labute approximate surface area is 229 Å². The van der Waals surface area contributed by atoms with Crippen LogP contribution < -0.4 is 29.6 Å². The summed E-state index contributed by atoms with van der Waals surface area (Å²) in [4.78, 5) is 24.2. The van der Waals surface area contributed by atoms with E-state index in [-0.39, 0.29) is 85.8 Å². The van der Waals surface area contributed by atoms with Gasteiger partial charge in [-0.05, 0) is 24.7 Å². The van der Waals surface area contributed by atoms with Crippen LogP contribution in [0.4, 0.5) is 0 Å². The van der Waals surface area contributed by atoms with Gasteiger partial charge in [-0.2, -0.15) is 8.42 Å². The van der Waals surface area contributed by atoms with Gasteiger partial charge in [-0.1, -0.05) is 66.2 Å². The minimum Gasteiger partial charge on any atom is -1.00 e. The van der Waals surface area contributed by atoms with Crippen LogP contribution >= 0.6 is 12.4 Å². The molecule has 0 aromatic carbocycles. The van der Waals surface area contributed by atoms with E-state index in [1.165, 1.54) is 0 Å². The SMILES string of the molecule is CCCCC(CC)COC(=O)CC(C(=O)OCC(CC)CCCC)S(=O)(=O)O.Cl.[AlH3].[H-].[Na+]. The zero-order valence-corrected chi connectivity index (χ0v) is 22.9. The van der Waals surface area contributed by atoms with Crippen molar-refractivity contribution in [1.29, 1.82) is 0 Å². The molecule has 11 heteroatoms. The van der Waals surface area contributed by atoms with Gasteiger partial charge in [0.2, 0.25) is 0 Å². The van der Waals surface area contributed by atoms with Crippen molar-refractivity contribution < 1.29 is 63.0 Å². The first-order valence-electron chi connectivity index (χ1n) is 10.5. The Morgan fingerprint density at radius 2 is 1.32 bits per heavy atom. The Balaban J connectivity index is -0.000000607. The van der Waals surface area contributed by atoms with E-state index >= 15 is 0 Å². The van der Waals surface area contributed by atoms with Crippen LogP contribution in [0.3, 0.4) is 0 Å². The first-order valence-corrected chi connectivity index (χ1v) is 12.0. The normalized spacial score (nSPS) is 13.5. The van der Waals surface area contributed by atoms with Crippen LogP contribution in [-0.2, 0) is 29.2 Å². The average Bonchev–Trinajstić information content (AvgIpc) is 2.65. The Morgan fingerprint density at radius 1 is 0.903 bits per heavy atom. The zero-order valence-electron chi connectivity index (χ0n) is 20.2. The fourth-order valence-electron chi connectivity index (χ4n) is 2.82. The maximum Gasteiger partial charge on any atom is 1.00 e. The van der Waals surface area contributed by atoms with Crippen LogP contribution in [0.1, 0.15) is 86.9 Å². The van der Waals surface area contributed by atoms with Crippen molar-refractivity contribution in [2.75, 3.05) is 13.2 Å². The van der Waals surface area contributed by atoms with E-state index < -0.39 is 33.7 Å². The van der Waals surface area contributed by atoms with Gasteiger partial charge in [0.25, 0.3) is 10.1 Å². The topological polar surface area (TPSA) is 107 Å². The molecule has 1 N–H and O–H groups in total. The number of unbranched alkanes of at least 4 members (excludes halogenated alkanes) is 2. The molecule has 0 saturated heterocycles. The largest absolute Gasteiger partial charge is 1.00 e. The zero-order chi connectivity index (χ0) is 21.6. The molecule has 0 aliphatic carbocycles. The summed E-state index contributed by atoms with van der Waals surface area (Å²) < 4.78 is 42.8. The van der Waals surface area contributed by atoms with Gasteiger partial charge < -0.3 is 10.9 Å². The second kappa shape index (κ2) is 22.5. The van der Waals surface area contributed by atoms with Gasteiger partial charge in [0.05, 0.1) is 19.6 Å². The molecule has 0 aliphatic heterocycles. The van der Waals surface area contributed by atoms with Gasteiger partial charge in [-0.25, -0.2) is 0 Å². The molecule has 3 unspecified atom stereocenters. The molecule has 182 valence electrons. The van der Waals surface area contributed by atoms with Crippen molar-refractivity contribution in [2.45, 2.75) is 90.7 Å². The maximum absolute atomic E-state index is 12.2. The maximum atomic E-state index is 12.2. The van der Waals surface area contributed by atoms with E-state index in [2.05, 4.69) is 13.8 Å². The Bertz CT molecular complexity index is 570. The number of carbonyl (C=O) groups is 2. The summed E-state index contributed by atoms with van der Waals surface area (Å²) in [5.41, 5.74) is 0. The number of esters is 2. The standard InChI is InChI=1S/C20H38O7S.Al.ClH.Na.4H/c1-5-9-11-16(7-3)14-26-19(21)13-18(28(23,24)25)20(22)27-15-17(8-4)12-10-6-2;;;;;;;/h16-18H,5-15H2,1-4H3,(H,23,24,25);;1H;;;;;/q;;;+1;;;;-1. The second-order valence-electron chi connectivity index (χ2n) is 7.35. The van der Waals surface area contributed by atoms with E-state index in [1.807, 2.05) is 13.8 Å². The summed E-state index contributed by atoms with van der Waals surface area (Å²) >= 11 is 0. The fourth-order valence-corrected chi connectivity index (χ4v) is 3.48. The predicted molar refractivity (Wildman–Crippen MR) is 127 cm³/mol. The monoisotopic (exact) mass is 512 g/mol. The minimum atomic E-state index is -4.76. The summed E-state index contributed by atoms with van der Waals surface area (Å²) in [5, 5.41) is -1.95. The van der Waals surface area contributed by atoms with Crippen LogP contribution in [0.25, 0.3) is 0 Å². The number of hydrogen-bond donors (Lipinski definition) is 1. The van der Waals surface area contributed by atoms with Crippen molar-refractivity contribution in [2.24, 2.45) is 11.8 Å². The van der Waals surface area contributed by atoms with E-state index in [9.17, 15) is 22.6 Å². The van der Waals surface area contributed by atoms with Crippen molar-refractivity contribution >= 4 is 51.8 Å². The van der Waals surface area contributed by atoms with E-state index in [4.69, 9.17) is 9.47 Å². The molecule has 0 aromatic heterocycles. The molecule has 31 heavy (non-hydrogen) atoms. The molecular weight excluding hydrogens is 470 g/mol. The van der Waals surface area contributed by atoms with Crippen molar-refractivity contribution in [3.8, 4) is 0 Å². The molecule has 0 radical (unpaired) electrons. The molecule has 0 bridgehead atoms. The number of carbonyl (C=O) groups excluding carboxylic acids is 2. The van der Waals surface area contributed by atoms with Gasteiger partial charge in [-0.3, -0.25) is 14.1 Å². The third kappa shape index (κ3) is 18.7. The van der Waals surface area contributed by atoms with E-state index in [1.54, 1.807) is 0 Å². The Kier molecular flexibility index (Phi) is 28.2. The van der Waals surface area contributed by atoms with Crippen LogP contribution in [-0.4, -0.2) is 60.7 Å². The van der Waals surface area contributed by atoms with Crippen molar-refractivity contribution in [3.63, 3.8) is 0 Å². The first kappa shape index (κ1) is 38.9. The number of halogens is 1. The summed E-state index contributed by atoms with van der Waals surface area (Å²) in [6.07, 6.45) is 6.74. The molecule has 7 nitrogen and oxygen atoms in total. The fraction of sp³-hybridized carbons (Fsp3) is 0.900. The van der Waals surface area contributed by atoms with Gasteiger partial charge in [0, 0.05) is 0 Å². The first-order chi connectivity index (χ1) is 13.2. The van der Waals surface area contributed by atoms with Crippen LogP contribution in [0, 0.1) is 11.8 Å². The number of rotatable bonds is 16. The second-order valence-corrected chi connectivity index (χ2v) is 8.95. The molecule has 0 saturated carbocycles. The van der Waals surface area contributed by atoms with E-state index in [0.29, 0.717) is 0 Å². The third-order valence-corrected chi connectivity index (χ3v) is 6.08. The van der Waals surface area contributed by atoms with Gasteiger partial charge in [0.15, 0.2) is 22.6 Å². The minimum absolute atomic E-state index is 0. The van der Waals surface area contributed by atoms with Crippen LogP contribution in [0.15, 0.2) is 0 Å². The van der Waals surface area contributed by atoms with Gasteiger partial charge >= 0.3 is 41.5 Å². The summed E-state index contributed by atoms with van der Waals surface area (Å²) in [6.45, 7) is 8.35. The molecular formula is C20H43AlClNaO7S. The molecule has 0 rings (SSSR count). The van der Waals surface area contributed by atoms with Crippen molar-refractivity contribution in [3.05, 3.63) is 0 Å². The number of ether oxygens (including phenoxy) is 2. The smallest absolute Gasteiger partial charge is 1.00 e. The van der Waals surface area contributed by atoms with Gasteiger partial charge in [-0.15, -0.1) is 12.4 Å².